The van der Waals surface area contributed by atoms with Crippen molar-refractivity contribution in [2.45, 2.75) is 24.9 Å². The number of ether oxygens (including phenoxy) is 2. The molecule has 12 heteroatoms. The van der Waals surface area contributed by atoms with E-state index in [2.05, 4.69) is 21.2 Å². The minimum Gasteiger partial charge on any atom is -0.484 e. The van der Waals surface area contributed by atoms with Gasteiger partial charge in [0.2, 0.25) is 0 Å². The van der Waals surface area contributed by atoms with E-state index in [-0.39, 0.29) is 24.6 Å². The lowest BCUT2D eigenvalue weighted by atomic mass is 10.0. The maximum absolute atomic E-state index is 13.0. The van der Waals surface area contributed by atoms with E-state index in [1.165, 1.54) is 40.9 Å². The zero-order valence-corrected chi connectivity index (χ0v) is 21.3. The van der Waals surface area contributed by atoms with Gasteiger partial charge in [0.1, 0.15) is 29.5 Å². The average molecular weight is 574 g/mol. The lowest BCUT2D eigenvalue weighted by molar-refractivity contribution is -0.384. The number of fused-ring (bicyclic) bond motifs is 1. The Hall–Kier alpha value is -3.64. The van der Waals surface area contributed by atoms with E-state index in [4.69, 9.17) is 9.47 Å². The number of benzene rings is 2. The molecule has 2 amide bonds. The Morgan fingerprint density at radius 2 is 1.89 bits per heavy atom. The third-order valence-electron chi connectivity index (χ3n) is 5.50. The second-order valence-corrected chi connectivity index (χ2v) is 9.43. The van der Waals surface area contributed by atoms with Crippen LogP contribution in [0.2, 0.25) is 0 Å². The van der Waals surface area contributed by atoms with Gasteiger partial charge >= 0.3 is 5.97 Å². The summed E-state index contributed by atoms with van der Waals surface area (Å²) in [5.41, 5.74) is 1.12. The van der Waals surface area contributed by atoms with Crippen LogP contribution in [-0.2, 0) is 25.7 Å². The topological polar surface area (TPSA) is 128 Å². The number of non-ortho nitro benzene ring substituents is 1. The first-order valence-corrected chi connectivity index (χ1v) is 12.5. The SMILES string of the molecule is CC1=C(C(=O)OCc2ccc([N+](=O)[O-])cc2)N2C(=O)C(NC(=O)COc3ccccc3)[C@H]2SC1=CBr. The number of carbonyl (C=O) groups excluding carboxylic acids is 3. The van der Waals surface area contributed by atoms with Crippen LogP contribution in [0.4, 0.5) is 5.69 Å². The molecule has 4 rings (SSSR count). The number of nitrogens with zero attached hydrogens (tertiary/aromatic N) is 2. The first-order valence-electron chi connectivity index (χ1n) is 10.7. The van der Waals surface area contributed by atoms with E-state index < -0.39 is 34.1 Å². The molecule has 1 unspecified atom stereocenters. The van der Waals surface area contributed by atoms with E-state index in [0.29, 0.717) is 21.8 Å². The summed E-state index contributed by atoms with van der Waals surface area (Å²) >= 11 is 4.63. The predicted octanol–water partition coefficient (Wildman–Crippen LogP) is 3.63. The van der Waals surface area contributed by atoms with Crippen molar-refractivity contribution < 1.29 is 28.8 Å². The number of allylic oxidation sites excluding steroid dienone is 1. The van der Waals surface area contributed by atoms with E-state index in [0.717, 1.165) is 0 Å². The lowest BCUT2D eigenvalue weighted by Gasteiger charge is -2.49. The smallest absolute Gasteiger partial charge is 0.355 e. The molecule has 2 aromatic rings. The van der Waals surface area contributed by atoms with Crippen molar-refractivity contribution in [1.82, 2.24) is 10.2 Å². The van der Waals surface area contributed by atoms with E-state index >= 15 is 0 Å². The number of halogens is 1. The average Bonchev–Trinajstić information content (AvgIpc) is 2.89. The molecule has 0 aromatic heterocycles. The van der Waals surface area contributed by atoms with E-state index in [1.807, 2.05) is 6.07 Å². The molecular weight excluding hydrogens is 554 g/mol. The molecule has 2 atom stereocenters. The van der Waals surface area contributed by atoms with Crippen molar-refractivity contribution in [3.8, 4) is 5.75 Å². The molecule has 2 aromatic carbocycles. The highest BCUT2D eigenvalue weighted by Crippen LogP contribution is 2.46. The number of nitro benzene ring substituents is 1. The van der Waals surface area contributed by atoms with Crippen LogP contribution in [0.5, 0.6) is 5.75 Å². The Bertz CT molecular complexity index is 1260. The van der Waals surface area contributed by atoms with Crippen molar-refractivity contribution >= 4 is 51.2 Å². The van der Waals surface area contributed by atoms with Crippen LogP contribution in [0.15, 0.2) is 75.8 Å². The fourth-order valence-corrected chi connectivity index (χ4v) is 5.53. The molecule has 0 spiro atoms. The van der Waals surface area contributed by atoms with Crippen molar-refractivity contribution in [2.24, 2.45) is 0 Å². The molecule has 0 radical (unpaired) electrons. The first kappa shape index (κ1) is 25.5. The number of nitrogens with one attached hydrogen (secondary N) is 1. The summed E-state index contributed by atoms with van der Waals surface area (Å²) < 4.78 is 10.9. The van der Waals surface area contributed by atoms with Crippen molar-refractivity contribution in [3.05, 3.63) is 91.4 Å². The van der Waals surface area contributed by atoms with Crippen molar-refractivity contribution in [2.75, 3.05) is 6.61 Å². The Balaban J connectivity index is 1.42. The van der Waals surface area contributed by atoms with Crippen LogP contribution in [-0.4, -0.2) is 45.6 Å². The van der Waals surface area contributed by atoms with Crippen LogP contribution >= 0.6 is 27.7 Å². The van der Waals surface area contributed by atoms with Crippen LogP contribution in [0.1, 0.15) is 12.5 Å². The predicted molar refractivity (Wildman–Crippen MR) is 135 cm³/mol. The number of hydrogen-bond donors (Lipinski definition) is 1. The largest absolute Gasteiger partial charge is 0.484 e. The number of para-hydroxylation sites is 1. The molecule has 1 N–H and O–H groups in total. The van der Waals surface area contributed by atoms with Crippen molar-refractivity contribution in [3.63, 3.8) is 0 Å². The summed E-state index contributed by atoms with van der Waals surface area (Å²) in [4.78, 5) is 52.3. The molecule has 10 nitrogen and oxygen atoms in total. The molecule has 0 aliphatic carbocycles. The molecule has 2 aliphatic heterocycles. The maximum atomic E-state index is 13.0. The molecule has 1 saturated heterocycles. The molecule has 186 valence electrons. The fraction of sp³-hybridized carbons (Fsp3) is 0.208. The first-order chi connectivity index (χ1) is 17.3. The van der Waals surface area contributed by atoms with Gasteiger partial charge in [0.15, 0.2) is 6.61 Å². The number of rotatable bonds is 8. The molecule has 36 heavy (non-hydrogen) atoms. The number of hydrogen-bond acceptors (Lipinski definition) is 8. The molecule has 0 bridgehead atoms. The van der Waals surface area contributed by atoms with E-state index in [1.54, 1.807) is 36.2 Å². The van der Waals surface area contributed by atoms with Crippen LogP contribution in [0.3, 0.4) is 0 Å². The summed E-state index contributed by atoms with van der Waals surface area (Å²) in [6.45, 7) is 1.31. The highest BCUT2D eigenvalue weighted by atomic mass is 79.9. The zero-order chi connectivity index (χ0) is 25.8. The minimum absolute atomic E-state index is 0.0729. The maximum Gasteiger partial charge on any atom is 0.355 e. The van der Waals surface area contributed by atoms with Gasteiger partial charge in [0.25, 0.3) is 17.5 Å². The van der Waals surface area contributed by atoms with Gasteiger partial charge in [0, 0.05) is 17.0 Å². The standard InChI is InChI=1S/C24H20BrN3O7S/c1-14-18(11-25)36-23-20(26-19(29)13-34-17-5-3-2-4-6-17)22(30)27(23)21(14)24(31)35-12-15-7-9-16(10-8-15)28(32)33/h2-11,20,23H,12-13H2,1H3,(H,26,29)/t20?,23-/m1/s1. The van der Waals surface area contributed by atoms with Gasteiger partial charge < -0.3 is 14.8 Å². The van der Waals surface area contributed by atoms with Gasteiger partial charge in [-0.2, -0.15) is 0 Å². The second kappa shape index (κ2) is 11.0. The van der Waals surface area contributed by atoms with Crippen LogP contribution in [0, 0.1) is 10.1 Å². The summed E-state index contributed by atoms with van der Waals surface area (Å²) in [6.07, 6.45) is 0. The Morgan fingerprint density at radius 1 is 1.19 bits per heavy atom. The zero-order valence-electron chi connectivity index (χ0n) is 18.9. The third kappa shape index (κ3) is 5.29. The minimum atomic E-state index is -0.838. The molecule has 2 aliphatic rings. The highest BCUT2D eigenvalue weighted by molar-refractivity contribution is 9.11. The van der Waals surface area contributed by atoms with E-state index in [9.17, 15) is 24.5 Å². The number of thioether (sulfide) groups is 1. The monoisotopic (exact) mass is 573 g/mol. The number of carbonyl (C=O) groups is 3. The quantitative estimate of drug-likeness (QED) is 0.219. The van der Waals surface area contributed by atoms with Gasteiger partial charge in [-0.3, -0.25) is 24.6 Å². The highest BCUT2D eigenvalue weighted by Gasteiger charge is 2.55. The normalized spacial score (nSPS) is 19.9. The Kier molecular flexibility index (Phi) is 7.75. The van der Waals surface area contributed by atoms with Gasteiger partial charge in [-0.1, -0.05) is 45.9 Å². The fourth-order valence-electron chi connectivity index (χ4n) is 3.64. The molecule has 0 saturated carbocycles. The van der Waals surface area contributed by atoms with Gasteiger partial charge in [-0.25, -0.2) is 4.79 Å². The summed E-state index contributed by atoms with van der Waals surface area (Å²) in [5.74, 6) is -1.08. The van der Waals surface area contributed by atoms with Crippen molar-refractivity contribution in [1.29, 1.82) is 0 Å². The van der Waals surface area contributed by atoms with Gasteiger partial charge in [0.05, 0.1) is 4.92 Å². The van der Waals surface area contributed by atoms with Crippen LogP contribution < -0.4 is 10.1 Å². The van der Waals surface area contributed by atoms with Crippen LogP contribution in [0.25, 0.3) is 0 Å². The Morgan fingerprint density at radius 3 is 2.53 bits per heavy atom. The van der Waals surface area contributed by atoms with Gasteiger partial charge in [-0.05, 0) is 47.3 Å². The number of amides is 2. The lowest BCUT2D eigenvalue weighted by Crippen LogP contribution is -2.70. The Labute approximate surface area is 218 Å². The molecule has 2 heterocycles. The number of esters is 1. The number of β-lactam (4-membered cyclic amide) rings is 1. The third-order valence-corrected chi connectivity index (χ3v) is 7.66. The summed E-state index contributed by atoms with van der Waals surface area (Å²) in [5, 5.41) is 13.0. The summed E-state index contributed by atoms with van der Waals surface area (Å²) in [7, 11) is 0. The second-order valence-electron chi connectivity index (χ2n) is 7.81. The molecular formula is C24H20BrN3O7S. The molecule has 1 fully saturated rings. The summed E-state index contributed by atoms with van der Waals surface area (Å²) in [6, 6.07) is 13.6. The number of nitro groups is 1. The van der Waals surface area contributed by atoms with Gasteiger partial charge in [-0.15, -0.1) is 0 Å².